The van der Waals surface area contributed by atoms with Crippen LogP contribution in [0.25, 0.3) is 0 Å². The van der Waals surface area contributed by atoms with E-state index in [1.165, 1.54) is 21.0 Å². The lowest BCUT2D eigenvalue weighted by atomic mass is 10.1. The van der Waals surface area contributed by atoms with Crippen LogP contribution >= 0.6 is 0 Å². The zero-order valence-corrected chi connectivity index (χ0v) is 19.4. The summed E-state index contributed by atoms with van der Waals surface area (Å²) in [6.45, 7) is 6.75. The highest BCUT2D eigenvalue weighted by molar-refractivity contribution is 5.99. The summed E-state index contributed by atoms with van der Waals surface area (Å²) in [7, 11) is 2.79. The van der Waals surface area contributed by atoms with E-state index in [1.807, 2.05) is 18.7 Å². The summed E-state index contributed by atoms with van der Waals surface area (Å²) in [6.07, 6.45) is 0. The highest BCUT2D eigenvalue weighted by Gasteiger charge is 2.29. The Bertz CT molecular complexity index is 1160. The summed E-state index contributed by atoms with van der Waals surface area (Å²) in [5, 5.41) is 33.6. The Morgan fingerprint density at radius 1 is 0.941 bits per heavy atom. The van der Waals surface area contributed by atoms with Crippen LogP contribution in [0.5, 0.6) is 0 Å². The van der Waals surface area contributed by atoms with Crippen molar-refractivity contribution >= 4 is 45.9 Å². The molecule has 34 heavy (non-hydrogen) atoms. The number of nitro benzene ring substituents is 2. The van der Waals surface area contributed by atoms with E-state index in [-0.39, 0.29) is 22.8 Å². The zero-order valence-electron chi connectivity index (χ0n) is 19.4. The highest BCUT2D eigenvalue weighted by Crippen LogP contribution is 2.37. The molecule has 2 rings (SSSR count). The summed E-state index contributed by atoms with van der Waals surface area (Å²) in [5.74, 6) is -1.08. The number of hydrogen-bond acceptors (Lipinski definition) is 9. The molecule has 2 aromatic rings. The summed E-state index contributed by atoms with van der Waals surface area (Å²) < 4.78 is 0. The van der Waals surface area contributed by atoms with Crippen molar-refractivity contribution in [1.29, 1.82) is 0 Å². The molecule has 0 saturated heterocycles. The Balaban J connectivity index is 2.65. The van der Waals surface area contributed by atoms with E-state index < -0.39 is 27.1 Å². The zero-order chi connectivity index (χ0) is 25.6. The number of nitrogens with zero attached hydrogens (tertiary/aromatic N) is 6. The molecule has 0 saturated carbocycles. The first-order valence-corrected chi connectivity index (χ1v) is 10.3. The molecule has 0 aromatic heterocycles. The normalized spacial score (nSPS) is 10.7. The van der Waals surface area contributed by atoms with E-state index in [9.17, 15) is 29.8 Å². The molecule has 0 atom stereocenters. The summed E-state index contributed by atoms with van der Waals surface area (Å²) in [6, 6.07) is 6.70. The largest absolute Gasteiger partial charge is 0.372 e. The molecule has 13 heteroatoms. The molecule has 0 radical (unpaired) electrons. The third-order valence-corrected chi connectivity index (χ3v) is 4.81. The van der Waals surface area contributed by atoms with Crippen molar-refractivity contribution in [3.63, 3.8) is 0 Å². The lowest BCUT2D eigenvalue weighted by molar-refractivity contribution is -0.393. The third-order valence-electron chi connectivity index (χ3n) is 4.81. The molecule has 0 aliphatic carbocycles. The maximum Gasteiger partial charge on any atom is 0.303 e. The molecule has 0 heterocycles. The summed E-state index contributed by atoms with van der Waals surface area (Å²) >= 11 is 0. The Morgan fingerprint density at radius 3 is 2.03 bits per heavy atom. The van der Waals surface area contributed by atoms with Gasteiger partial charge in [-0.1, -0.05) is 0 Å². The van der Waals surface area contributed by atoms with Crippen LogP contribution in [0.2, 0.25) is 0 Å². The van der Waals surface area contributed by atoms with E-state index in [0.717, 1.165) is 29.7 Å². The van der Waals surface area contributed by atoms with Gasteiger partial charge in [0, 0.05) is 39.8 Å². The molecule has 0 fully saturated rings. The van der Waals surface area contributed by atoms with Crippen molar-refractivity contribution < 1.29 is 19.4 Å². The van der Waals surface area contributed by atoms with Crippen LogP contribution in [0.4, 0.5) is 34.1 Å². The highest BCUT2D eigenvalue weighted by atomic mass is 16.6. The van der Waals surface area contributed by atoms with Crippen LogP contribution in [0.1, 0.15) is 31.1 Å². The molecule has 1 N–H and O–H groups in total. The molecule has 180 valence electrons. The number of carbonyl (C=O) groups excluding carboxylic acids is 2. The van der Waals surface area contributed by atoms with E-state index in [0.29, 0.717) is 11.8 Å². The number of rotatable bonds is 9. The standard InChI is InChI=1S/C21H25N7O6/c1-6-26(7-2)14-8-9-16(17(10-14)22-13(3)29)23-24-18-11-15(21(30)25(4)5)19(27(31)32)12-20(18)28(33)34/h8-12H,6-7H2,1-5H3,(H,22,29). The molecule has 0 aliphatic rings. The number of anilines is 2. The molecule has 0 spiro atoms. The van der Waals surface area contributed by atoms with E-state index >= 15 is 0 Å². The smallest absolute Gasteiger partial charge is 0.303 e. The minimum Gasteiger partial charge on any atom is -0.372 e. The summed E-state index contributed by atoms with van der Waals surface area (Å²) in [5.41, 5.74) is -0.753. The number of hydrogen-bond donors (Lipinski definition) is 1. The number of carbonyl (C=O) groups is 2. The summed E-state index contributed by atoms with van der Waals surface area (Å²) in [4.78, 5) is 48.5. The van der Waals surface area contributed by atoms with Gasteiger partial charge in [0.25, 0.3) is 11.6 Å². The van der Waals surface area contributed by atoms with Crippen molar-refractivity contribution in [3.8, 4) is 0 Å². The van der Waals surface area contributed by atoms with Gasteiger partial charge in [-0.3, -0.25) is 29.8 Å². The Kier molecular flexibility index (Phi) is 8.31. The minimum absolute atomic E-state index is 0.208. The molecule has 2 amide bonds. The van der Waals surface area contributed by atoms with Gasteiger partial charge >= 0.3 is 5.69 Å². The van der Waals surface area contributed by atoms with Crippen molar-refractivity contribution in [2.75, 3.05) is 37.4 Å². The third kappa shape index (κ3) is 5.88. The van der Waals surface area contributed by atoms with Gasteiger partial charge in [0.2, 0.25) is 5.91 Å². The van der Waals surface area contributed by atoms with Crippen LogP contribution in [0.15, 0.2) is 40.6 Å². The first kappa shape index (κ1) is 25.8. The van der Waals surface area contributed by atoms with E-state index in [2.05, 4.69) is 15.5 Å². The Hall–Kier alpha value is -4.42. The van der Waals surface area contributed by atoms with Crippen LogP contribution < -0.4 is 10.2 Å². The van der Waals surface area contributed by atoms with Gasteiger partial charge in [-0.05, 0) is 38.1 Å². The fraction of sp³-hybridized carbons (Fsp3) is 0.333. The second-order valence-electron chi connectivity index (χ2n) is 7.33. The van der Waals surface area contributed by atoms with Gasteiger partial charge in [0.1, 0.15) is 11.3 Å². The second kappa shape index (κ2) is 10.9. The number of benzene rings is 2. The van der Waals surface area contributed by atoms with Gasteiger partial charge in [-0.2, -0.15) is 0 Å². The van der Waals surface area contributed by atoms with Crippen molar-refractivity contribution in [2.24, 2.45) is 10.2 Å². The quantitative estimate of drug-likeness (QED) is 0.321. The predicted octanol–water partition coefficient (Wildman–Crippen LogP) is 4.42. The first-order chi connectivity index (χ1) is 16.0. The fourth-order valence-electron chi connectivity index (χ4n) is 3.15. The van der Waals surface area contributed by atoms with Crippen LogP contribution in [-0.4, -0.2) is 53.7 Å². The maximum absolute atomic E-state index is 12.4. The maximum atomic E-state index is 12.4. The predicted molar refractivity (Wildman–Crippen MR) is 126 cm³/mol. The van der Waals surface area contributed by atoms with E-state index in [1.54, 1.807) is 18.2 Å². The van der Waals surface area contributed by atoms with Crippen LogP contribution in [0, 0.1) is 20.2 Å². The van der Waals surface area contributed by atoms with Crippen molar-refractivity contribution in [1.82, 2.24) is 4.90 Å². The molecule has 0 aliphatic heterocycles. The van der Waals surface area contributed by atoms with Gasteiger partial charge in [0.05, 0.1) is 21.6 Å². The SMILES string of the molecule is CCN(CC)c1ccc(N=Nc2cc(C(=O)N(C)C)c([N+](=O)[O-])cc2[N+](=O)[O-])c(NC(C)=O)c1. The number of nitrogens with one attached hydrogen (secondary N) is 1. The Morgan fingerprint density at radius 2 is 1.53 bits per heavy atom. The van der Waals surface area contributed by atoms with Gasteiger partial charge in [0.15, 0.2) is 5.69 Å². The Labute approximate surface area is 195 Å². The van der Waals surface area contributed by atoms with Crippen LogP contribution in [-0.2, 0) is 4.79 Å². The van der Waals surface area contributed by atoms with E-state index in [4.69, 9.17) is 0 Å². The van der Waals surface area contributed by atoms with Crippen molar-refractivity contribution in [3.05, 3.63) is 56.1 Å². The molecule has 2 aromatic carbocycles. The lowest BCUT2D eigenvalue weighted by Crippen LogP contribution is -2.22. The van der Waals surface area contributed by atoms with Crippen LogP contribution in [0.3, 0.4) is 0 Å². The van der Waals surface area contributed by atoms with Gasteiger partial charge in [-0.15, -0.1) is 10.2 Å². The fourth-order valence-corrected chi connectivity index (χ4v) is 3.15. The molecular formula is C21H25N7O6. The second-order valence-corrected chi connectivity index (χ2v) is 7.33. The minimum atomic E-state index is -0.870. The number of amides is 2. The molecule has 0 unspecified atom stereocenters. The topological polar surface area (TPSA) is 164 Å². The molecule has 0 bridgehead atoms. The average molecular weight is 471 g/mol. The average Bonchev–Trinajstić information content (AvgIpc) is 2.77. The van der Waals surface area contributed by atoms with Gasteiger partial charge in [-0.25, -0.2) is 0 Å². The molecule has 13 nitrogen and oxygen atoms in total. The lowest BCUT2D eigenvalue weighted by Gasteiger charge is -2.22. The van der Waals surface area contributed by atoms with Gasteiger partial charge < -0.3 is 15.1 Å². The number of azo groups is 1. The number of nitro groups is 2. The monoisotopic (exact) mass is 471 g/mol. The first-order valence-electron chi connectivity index (χ1n) is 10.3. The van der Waals surface area contributed by atoms with Crippen molar-refractivity contribution in [2.45, 2.75) is 20.8 Å². The molecular weight excluding hydrogens is 446 g/mol.